The van der Waals surface area contributed by atoms with Crippen LogP contribution in [0.4, 0.5) is 0 Å². The fourth-order valence-electron chi connectivity index (χ4n) is 1.74. The van der Waals surface area contributed by atoms with Crippen molar-refractivity contribution in [2.24, 2.45) is 0 Å². The van der Waals surface area contributed by atoms with E-state index in [1.165, 1.54) is 0 Å². The van der Waals surface area contributed by atoms with Crippen LogP contribution < -0.4 is 10.1 Å². The van der Waals surface area contributed by atoms with E-state index >= 15 is 0 Å². The number of nitrogens with one attached hydrogen (secondary N) is 1. The summed E-state index contributed by atoms with van der Waals surface area (Å²) in [5.41, 5.74) is 1.07. The van der Waals surface area contributed by atoms with E-state index in [4.69, 9.17) is 4.74 Å². The maximum Gasteiger partial charge on any atom is 0.238 e. The molecule has 20 heavy (non-hydrogen) atoms. The zero-order valence-electron chi connectivity index (χ0n) is 12.2. The van der Waals surface area contributed by atoms with Crippen molar-refractivity contribution in [1.29, 1.82) is 0 Å². The molecule has 6 heteroatoms. The number of hydrogen-bond acceptors (Lipinski definition) is 3. The largest absolute Gasteiger partial charge is 0.492 e. The second-order valence-corrected chi connectivity index (χ2v) is 6.37. The van der Waals surface area contributed by atoms with Gasteiger partial charge in [-0.1, -0.05) is 0 Å². The molecule has 0 fully saturated rings. The van der Waals surface area contributed by atoms with Crippen molar-refractivity contribution >= 4 is 37.8 Å². The lowest BCUT2D eigenvalue weighted by Gasteiger charge is -2.18. The minimum atomic E-state index is -0.214. The van der Waals surface area contributed by atoms with E-state index in [0.717, 1.165) is 20.3 Å². The van der Waals surface area contributed by atoms with Crippen LogP contribution >= 0.6 is 31.9 Å². The highest BCUT2D eigenvalue weighted by Crippen LogP contribution is 2.34. The molecule has 1 N–H and O–H groups in total. The first-order valence-electron chi connectivity index (χ1n) is 6.42. The number of hydrogen-bond donors (Lipinski definition) is 1. The van der Waals surface area contributed by atoms with E-state index in [1.807, 2.05) is 26.0 Å². The molecular weight excluding hydrogens is 388 g/mol. The van der Waals surface area contributed by atoms with Crippen molar-refractivity contribution in [3.05, 3.63) is 26.6 Å². The molecule has 0 saturated heterocycles. The molecule has 1 rings (SSSR count). The van der Waals surface area contributed by atoms with Gasteiger partial charge in [-0.25, -0.2) is 0 Å². The summed E-state index contributed by atoms with van der Waals surface area (Å²) in [7, 11) is 3.51. The third kappa shape index (κ3) is 4.75. The van der Waals surface area contributed by atoms with E-state index in [1.54, 1.807) is 19.0 Å². The minimum Gasteiger partial charge on any atom is -0.492 e. The minimum absolute atomic E-state index is 0.0640. The normalized spacial score (nSPS) is 12.1. The first kappa shape index (κ1) is 17.5. The molecule has 0 radical (unpaired) electrons. The van der Waals surface area contributed by atoms with Crippen molar-refractivity contribution in [2.75, 3.05) is 20.7 Å². The molecular formula is C14H20Br2N2O2. The molecule has 112 valence electrons. The van der Waals surface area contributed by atoms with Gasteiger partial charge in [0.25, 0.3) is 0 Å². The van der Waals surface area contributed by atoms with Gasteiger partial charge in [0.05, 0.1) is 21.6 Å². The van der Waals surface area contributed by atoms with Crippen LogP contribution in [0.25, 0.3) is 0 Å². The van der Waals surface area contributed by atoms with Gasteiger partial charge in [0, 0.05) is 20.6 Å². The van der Waals surface area contributed by atoms with Crippen LogP contribution in [0.2, 0.25) is 0 Å². The highest BCUT2D eigenvalue weighted by molar-refractivity contribution is 9.11. The lowest BCUT2D eigenvalue weighted by Crippen LogP contribution is -2.41. The molecule has 0 aromatic heterocycles. The first-order chi connectivity index (χ1) is 9.36. The lowest BCUT2D eigenvalue weighted by atomic mass is 10.2. The van der Waals surface area contributed by atoms with Gasteiger partial charge in [0.15, 0.2) is 0 Å². The molecule has 1 amide bonds. The number of nitrogens with zero attached hydrogens (tertiary/aromatic N) is 1. The number of amides is 1. The van der Waals surface area contributed by atoms with Gasteiger partial charge >= 0.3 is 0 Å². The molecule has 0 bridgehead atoms. The Kier molecular flexibility index (Phi) is 6.99. The van der Waals surface area contributed by atoms with Crippen LogP contribution in [0.1, 0.15) is 19.4 Å². The standard InChI is InChI=1S/C14H20Br2N2O2/c1-5-20-13-11(15)6-10(7-12(13)16)8-17-9(2)14(19)18(3)4/h6-7,9,17H,5,8H2,1-4H3. The predicted molar refractivity (Wildman–Crippen MR) is 88.0 cm³/mol. The molecule has 4 nitrogen and oxygen atoms in total. The third-order valence-corrected chi connectivity index (χ3v) is 3.95. The average molecular weight is 408 g/mol. The van der Waals surface area contributed by atoms with Crippen LogP contribution in [0.5, 0.6) is 5.75 Å². The Balaban J connectivity index is 2.72. The van der Waals surface area contributed by atoms with Crippen LogP contribution in [-0.4, -0.2) is 37.6 Å². The summed E-state index contributed by atoms with van der Waals surface area (Å²) in [5, 5.41) is 3.21. The van der Waals surface area contributed by atoms with Crippen molar-refractivity contribution in [3.8, 4) is 5.75 Å². The summed E-state index contributed by atoms with van der Waals surface area (Å²) in [6, 6.07) is 3.78. The van der Waals surface area contributed by atoms with E-state index in [0.29, 0.717) is 13.2 Å². The highest BCUT2D eigenvalue weighted by Gasteiger charge is 2.15. The van der Waals surface area contributed by atoms with Crippen molar-refractivity contribution < 1.29 is 9.53 Å². The summed E-state index contributed by atoms with van der Waals surface area (Å²) >= 11 is 7.00. The number of rotatable bonds is 6. The van der Waals surface area contributed by atoms with Crippen molar-refractivity contribution in [3.63, 3.8) is 0 Å². The highest BCUT2D eigenvalue weighted by atomic mass is 79.9. The van der Waals surface area contributed by atoms with E-state index < -0.39 is 0 Å². The Morgan fingerprint density at radius 3 is 2.35 bits per heavy atom. The van der Waals surface area contributed by atoms with Crippen LogP contribution in [0.15, 0.2) is 21.1 Å². The average Bonchev–Trinajstić information content (AvgIpc) is 2.39. The number of carbonyl (C=O) groups excluding carboxylic acids is 1. The molecule has 1 unspecified atom stereocenters. The number of carbonyl (C=O) groups is 1. The molecule has 1 aromatic rings. The van der Waals surface area contributed by atoms with Crippen molar-refractivity contribution in [2.45, 2.75) is 26.4 Å². The maximum absolute atomic E-state index is 11.8. The quantitative estimate of drug-likeness (QED) is 0.787. The van der Waals surface area contributed by atoms with E-state index in [-0.39, 0.29) is 11.9 Å². The molecule has 1 aromatic carbocycles. The second-order valence-electron chi connectivity index (χ2n) is 4.66. The van der Waals surface area contributed by atoms with Gasteiger partial charge in [0.2, 0.25) is 5.91 Å². The van der Waals surface area contributed by atoms with Gasteiger partial charge in [-0.2, -0.15) is 0 Å². The monoisotopic (exact) mass is 406 g/mol. The number of halogens is 2. The van der Waals surface area contributed by atoms with Gasteiger partial charge in [-0.3, -0.25) is 4.79 Å². The molecule has 0 heterocycles. The molecule has 0 saturated carbocycles. The molecule has 0 aliphatic rings. The SMILES string of the molecule is CCOc1c(Br)cc(CNC(C)C(=O)N(C)C)cc1Br. The van der Waals surface area contributed by atoms with Gasteiger partial charge in [-0.15, -0.1) is 0 Å². The zero-order chi connectivity index (χ0) is 15.3. The van der Waals surface area contributed by atoms with Gasteiger partial charge in [0.1, 0.15) is 5.75 Å². The summed E-state index contributed by atoms with van der Waals surface area (Å²) < 4.78 is 7.34. The third-order valence-electron chi connectivity index (χ3n) is 2.77. The van der Waals surface area contributed by atoms with Crippen LogP contribution in [-0.2, 0) is 11.3 Å². The number of ether oxygens (including phenoxy) is 1. The lowest BCUT2D eigenvalue weighted by molar-refractivity contribution is -0.130. The van der Waals surface area contributed by atoms with Gasteiger partial charge < -0.3 is 15.0 Å². The fraction of sp³-hybridized carbons (Fsp3) is 0.500. The Morgan fingerprint density at radius 1 is 1.35 bits per heavy atom. The predicted octanol–water partition coefficient (Wildman–Crippen LogP) is 3.18. The first-order valence-corrected chi connectivity index (χ1v) is 8.00. The summed E-state index contributed by atoms with van der Waals surface area (Å²) in [6.45, 7) is 5.04. The molecule has 0 aliphatic carbocycles. The van der Waals surface area contributed by atoms with Crippen LogP contribution in [0.3, 0.4) is 0 Å². The Morgan fingerprint density at radius 2 is 1.90 bits per heavy atom. The molecule has 0 aliphatic heterocycles. The molecule has 0 spiro atoms. The summed E-state index contributed by atoms with van der Waals surface area (Å²) in [5.74, 6) is 0.864. The smallest absolute Gasteiger partial charge is 0.238 e. The van der Waals surface area contributed by atoms with E-state index in [2.05, 4.69) is 37.2 Å². The molecule has 1 atom stereocenters. The zero-order valence-corrected chi connectivity index (χ0v) is 15.3. The number of likely N-dealkylation sites (N-methyl/N-ethyl adjacent to an activating group) is 1. The fourth-order valence-corrected chi connectivity index (χ4v) is 3.25. The van der Waals surface area contributed by atoms with E-state index in [9.17, 15) is 4.79 Å². The topological polar surface area (TPSA) is 41.6 Å². The van der Waals surface area contributed by atoms with Crippen LogP contribution in [0, 0.1) is 0 Å². The van der Waals surface area contributed by atoms with Gasteiger partial charge in [-0.05, 0) is 63.4 Å². The Bertz CT molecular complexity index is 455. The van der Waals surface area contributed by atoms with Crippen molar-refractivity contribution in [1.82, 2.24) is 10.2 Å². The summed E-state index contributed by atoms with van der Waals surface area (Å²) in [4.78, 5) is 13.3. The number of benzene rings is 1. The second kappa shape index (κ2) is 8.00. The maximum atomic E-state index is 11.8. The summed E-state index contributed by atoms with van der Waals surface area (Å²) in [6.07, 6.45) is 0. The Labute approximate surface area is 137 Å². The Hall–Kier alpha value is -0.590.